The summed E-state index contributed by atoms with van der Waals surface area (Å²) in [6.07, 6.45) is 5.61. The third-order valence-electron chi connectivity index (χ3n) is 3.72. The lowest BCUT2D eigenvalue weighted by molar-refractivity contribution is 0.145. The van der Waals surface area contributed by atoms with Gasteiger partial charge in [0.25, 0.3) is 0 Å². The number of aliphatic hydroxyl groups is 1. The van der Waals surface area contributed by atoms with Crippen molar-refractivity contribution >= 4 is 15.9 Å². The molecule has 3 heteroatoms. The van der Waals surface area contributed by atoms with Gasteiger partial charge >= 0.3 is 0 Å². The third-order valence-corrected chi connectivity index (χ3v) is 4.25. The number of ether oxygens (including phenoxy) is 1. The van der Waals surface area contributed by atoms with Crippen LogP contribution in [0.25, 0.3) is 0 Å². The van der Waals surface area contributed by atoms with E-state index in [1.165, 1.54) is 0 Å². The zero-order chi connectivity index (χ0) is 17.0. The quantitative estimate of drug-likeness (QED) is 0.639. The van der Waals surface area contributed by atoms with E-state index in [0.29, 0.717) is 16.9 Å². The predicted molar refractivity (Wildman–Crippen MR) is 98.9 cm³/mol. The van der Waals surface area contributed by atoms with E-state index >= 15 is 0 Å². The Labute approximate surface area is 149 Å². The zero-order valence-corrected chi connectivity index (χ0v) is 14.4. The van der Waals surface area contributed by atoms with E-state index in [0.717, 1.165) is 10.2 Å². The molecule has 3 aromatic carbocycles. The van der Waals surface area contributed by atoms with Gasteiger partial charge in [0.05, 0.1) is 0 Å². The van der Waals surface area contributed by atoms with Crippen LogP contribution in [0.5, 0.6) is 11.5 Å². The normalized spacial score (nSPS) is 12.9. The van der Waals surface area contributed by atoms with Crippen LogP contribution in [0.1, 0.15) is 11.1 Å². The predicted octanol–water partition coefficient (Wildman–Crippen LogP) is 5.11. The van der Waals surface area contributed by atoms with Crippen molar-refractivity contribution in [3.05, 3.63) is 94.5 Å². The second kappa shape index (κ2) is 6.92. The molecule has 2 nitrogen and oxygen atoms in total. The number of benzene rings is 3. The topological polar surface area (TPSA) is 29.5 Å². The molecule has 0 aliphatic carbocycles. The molecule has 0 amide bonds. The molecular formula is C21H15BrO2. The van der Waals surface area contributed by atoms with E-state index in [-0.39, 0.29) is 0 Å². The molecule has 0 fully saturated rings. The Bertz CT molecular complexity index is 849. The van der Waals surface area contributed by atoms with Gasteiger partial charge in [-0.25, -0.2) is 0 Å². The number of hydrogen-bond acceptors (Lipinski definition) is 2. The van der Waals surface area contributed by atoms with Gasteiger partial charge in [-0.1, -0.05) is 64.3 Å². The van der Waals surface area contributed by atoms with Gasteiger partial charge in [0, 0.05) is 15.6 Å². The maximum atomic E-state index is 10.9. The highest BCUT2D eigenvalue weighted by atomic mass is 79.9. The number of rotatable bonds is 4. The number of terminal acetylenes is 1. The summed E-state index contributed by atoms with van der Waals surface area (Å²) in [4.78, 5) is 0. The second-order valence-corrected chi connectivity index (χ2v) is 6.22. The van der Waals surface area contributed by atoms with Gasteiger partial charge in [-0.05, 0) is 36.4 Å². The van der Waals surface area contributed by atoms with Crippen molar-refractivity contribution in [2.24, 2.45) is 0 Å². The van der Waals surface area contributed by atoms with Crippen LogP contribution in [0.2, 0.25) is 0 Å². The van der Waals surface area contributed by atoms with Crippen LogP contribution < -0.4 is 4.74 Å². The van der Waals surface area contributed by atoms with Crippen LogP contribution in [0.15, 0.2) is 83.3 Å². The van der Waals surface area contributed by atoms with Gasteiger partial charge in [-0.15, -0.1) is 6.42 Å². The zero-order valence-electron chi connectivity index (χ0n) is 12.8. The van der Waals surface area contributed by atoms with E-state index in [2.05, 4.69) is 21.9 Å². The maximum Gasteiger partial charge on any atom is 0.176 e. The van der Waals surface area contributed by atoms with Gasteiger partial charge in [-0.2, -0.15) is 0 Å². The summed E-state index contributed by atoms with van der Waals surface area (Å²) in [5, 5.41) is 10.9. The standard InChI is InChI=1S/C21H15BrO2/c1-2-21(23,16-6-4-3-5-7-16)17-8-12-19(13-9-17)24-20-14-10-18(22)11-15-20/h1,3-15,23H. The first-order valence-corrected chi connectivity index (χ1v) is 8.21. The van der Waals surface area contributed by atoms with Crippen molar-refractivity contribution in [1.82, 2.24) is 0 Å². The van der Waals surface area contributed by atoms with Crippen molar-refractivity contribution in [3.63, 3.8) is 0 Å². The van der Waals surface area contributed by atoms with Crippen molar-refractivity contribution in [2.45, 2.75) is 5.60 Å². The summed E-state index contributed by atoms with van der Waals surface area (Å²) in [7, 11) is 0. The van der Waals surface area contributed by atoms with Crippen LogP contribution in [-0.4, -0.2) is 5.11 Å². The van der Waals surface area contributed by atoms with Crippen LogP contribution in [-0.2, 0) is 5.60 Å². The van der Waals surface area contributed by atoms with Crippen molar-refractivity contribution in [3.8, 4) is 23.8 Å². The molecule has 1 unspecified atom stereocenters. The van der Waals surface area contributed by atoms with Gasteiger partial charge in [0.15, 0.2) is 5.60 Å². The van der Waals surface area contributed by atoms with Gasteiger partial charge in [0.1, 0.15) is 11.5 Å². The summed E-state index contributed by atoms with van der Waals surface area (Å²) in [5.41, 5.74) is -0.175. The molecule has 0 spiro atoms. The molecule has 118 valence electrons. The summed E-state index contributed by atoms with van der Waals surface area (Å²) < 4.78 is 6.78. The van der Waals surface area contributed by atoms with Crippen LogP contribution >= 0.6 is 15.9 Å². The highest BCUT2D eigenvalue weighted by Crippen LogP contribution is 2.31. The third kappa shape index (κ3) is 3.35. The number of hydrogen-bond donors (Lipinski definition) is 1. The molecule has 1 atom stereocenters. The Morgan fingerprint density at radius 3 is 1.83 bits per heavy atom. The Morgan fingerprint density at radius 2 is 1.29 bits per heavy atom. The first-order chi connectivity index (χ1) is 11.6. The summed E-state index contributed by atoms with van der Waals surface area (Å²) in [6, 6.07) is 23.9. The molecule has 0 heterocycles. The minimum atomic E-state index is -1.46. The maximum absolute atomic E-state index is 10.9. The van der Waals surface area contributed by atoms with E-state index in [1.54, 1.807) is 24.3 Å². The Morgan fingerprint density at radius 1 is 0.792 bits per heavy atom. The molecule has 0 radical (unpaired) electrons. The Hall–Kier alpha value is -2.54. The van der Waals surface area contributed by atoms with Crippen LogP contribution in [0.4, 0.5) is 0 Å². The summed E-state index contributed by atoms with van der Waals surface area (Å²) in [5.74, 6) is 3.91. The fourth-order valence-electron chi connectivity index (χ4n) is 2.42. The van der Waals surface area contributed by atoms with Crippen molar-refractivity contribution in [1.29, 1.82) is 0 Å². The van der Waals surface area contributed by atoms with Crippen LogP contribution in [0.3, 0.4) is 0 Å². The minimum Gasteiger partial charge on any atom is -0.457 e. The molecule has 3 rings (SSSR count). The second-order valence-electron chi connectivity index (χ2n) is 5.30. The molecule has 0 bridgehead atoms. The lowest BCUT2D eigenvalue weighted by Gasteiger charge is -2.23. The van der Waals surface area contributed by atoms with Gasteiger partial charge < -0.3 is 9.84 Å². The molecular weight excluding hydrogens is 364 g/mol. The largest absolute Gasteiger partial charge is 0.457 e. The smallest absolute Gasteiger partial charge is 0.176 e. The molecule has 0 aliphatic heterocycles. The Kier molecular flexibility index (Phi) is 4.71. The van der Waals surface area contributed by atoms with Crippen molar-refractivity contribution in [2.75, 3.05) is 0 Å². The molecule has 0 saturated carbocycles. The highest BCUT2D eigenvalue weighted by Gasteiger charge is 2.28. The monoisotopic (exact) mass is 378 g/mol. The molecule has 3 aromatic rings. The molecule has 0 aromatic heterocycles. The van der Waals surface area contributed by atoms with E-state index in [4.69, 9.17) is 11.2 Å². The lowest BCUT2D eigenvalue weighted by atomic mass is 9.87. The van der Waals surface area contributed by atoms with Gasteiger partial charge in [-0.3, -0.25) is 0 Å². The Balaban J connectivity index is 1.86. The average Bonchev–Trinajstić information content (AvgIpc) is 2.64. The van der Waals surface area contributed by atoms with Crippen molar-refractivity contribution < 1.29 is 9.84 Å². The fraction of sp³-hybridized carbons (Fsp3) is 0.0476. The molecule has 1 N–H and O–H groups in total. The number of halogens is 1. The summed E-state index contributed by atoms with van der Waals surface area (Å²) >= 11 is 3.39. The average molecular weight is 379 g/mol. The molecule has 0 saturated heterocycles. The highest BCUT2D eigenvalue weighted by molar-refractivity contribution is 9.10. The lowest BCUT2D eigenvalue weighted by Crippen LogP contribution is -2.24. The van der Waals surface area contributed by atoms with Crippen LogP contribution in [0, 0.1) is 12.3 Å². The van der Waals surface area contributed by atoms with E-state index < -0.39 is 5.60 Å². The first-order valence-electron chi connectivity index (χ1n) is 7.41. The summed E-state index contributed by atoms with van der Waals surface area (Å²) in [6.45, 7) is 0. The SMILES string of the molecule is C#CC(O)(c1ccccc1)c1ccc(Oc2ccc(Br)cc2)cc1. The first kappa shape index (κ1) is 16.3. The fourth-order valence-corrected chi connectivity index (χ4v) is 2.68. The molecule has 24 heavy (non-hydrogen) atoms. The molecule has 0 aliphatic rings. The minimum absolute atomic E-state index is 0.624. The van der Waals surface area contributed by atoms with E-state index in [1.807, 2.05) is 54.6 Å². The van der Waals surface area contributed by atoms with Gasteiger partial charge in [0.2, 0.25) is 0 Å². The van der Waals surface area contributed by atoms with E-state index in [9.17, 15) is 5.11 Å².